The summed E-state index contributed by atoms with van der Waals surface area (Å²) < 4.78 is 38.6. The number of thiophene rings is 1. The lowest BCUT2D eigenvalue weighted by atomic mass is 10.1. The minimum absolute atomic E-state index is 0.0161. The van der Waals surface area contributed by atoms with Gasteiger partial charge in [0.05, 0.1) is 15.3 Å². The van der Waals surface area contributed by atoms with Crippen molar-refractivity contribution in [1.82, 2.24) is 14.9 Å². The maximum Gasteiger partial charge on any atom is 0.338 e. The van der Waals surface area contributed by atoms with Gasteiger partial charge in [-0.15, -0.1) is 11.3 Å². The summed E-state index contributed by atoms with van der Waals surface area (Å²) in [5.41, 5.74) is 1.45. The first-order valence-corrected chi connectivity index (χ1v) is 12.0. The Kier molecular flexibility index (Phi) is 6.45. The van der Waals surface area contributed by atoms with Gasteiger partial charge in [0.15, 0.2) is 6.61 Å². The lowest BCUT2D eigenvalue weighted by Gasteiger charge is -2.11. The Morgan fingerprint density at radius 1 is 1.12 bits per heavy atom. The third kappa shape index (κ3) is 5.10. The van der Waals surface area contributed by atoms with Crippen LogP contribution in [0.3, 0.4) is 0 Å². The molecule has 4 rings (SSSR count). The SMILES string of the molecule is Cc1ccc(C(=O)OCc2noc(-c3cccs3)n2)cc1S(=O)(=O)NCc1ccccc1. The van der Waals surface area contributed by atoms with E-state index in [9.17, 15) is 13.2 Å². The van der Waals surface area contributed by atoms with Gasteiger partial charge < -0.3 is 9.26 Å². The Morgan fingerprint density at radius 3 is 2.69 bits per heavy atom. The molecule has 0 aliphatic carbocycles. The van der Waals surface area contributed by atoms with Crippen LogP contribution in [0.1, 0.15) is 27.3 Å². The smallest absolute Gasteiger partial charge is 0.338 e. The lowest BCUT2D eigenvalue weighted by molar-refractivity contribution is 0.0459. The van der Waals surface area contributed by atoms with Crippen molar-refractivity contribution < 1.29 is 22.5 Å². The maximum atomic E-state index is 12.8. The van der Waals surface area contributed by atoms with Gasteiger partial charge in [-0.25, -0.2) is 17.9 Å². The zero-order valence-corrected chi connectivity index (χ0v) is 18.7. The molecule has 2 aromatic carbocycles. The number of aromatic nitrogens is 2. The Labute approximate surface area is 188 Å². The highest BCUT2D eigenvalue weighted by Crippen LogP contribution is 2.23. The number of nitrogens with one attached hydrogen (secondary N) is 1. The molecule has 0 atom stereocenters. The molecule has 10 heteroatoms. The van der Waals surface area contributed by atoms with Crippen LogP contribution >= 0.6 is 11.3 Å². The molecular formula is C22H19N3O5S2. The van der Waals surface area contributed by atoms with Crippen LogP contribution in [0.4, 0.5) is 0 Å². The Morgan fingerprint density at radius 2 is 1.94 bits per heavy atom. The summed E-state index contributed by atoms with van der Waals surface area (Å²) in [5, 5.41) is 5.69. The van der Waals surface area contributed by atoms with Crippen LogP contribution < -0.4 is 4.72 Å². The van der Waals surface area contributed by atoms with Crippen LogP contribution in [0.15, 0.2) is 75.5 Å². The second-order valence-electron chi connectivity index (χ2n) is 6.86. The number of ether oxygens (including phenoxy) is 1. The Hall–Kier alpha value is -3.34. The number of benzene rings is 2. The van der Waals surface area contributed by atoms with E-state index in [1.54, 1.807) is 13.0 Å². The van der Waals surface area contributed by atoms with Crippen molar-refractivity contribution in [1.29, 1.82) is 0 Å². The third-order valence-corrected chi connectivity index (χ3v) is 6.96. The van der Waals surface area contributed by atoms with Gasteiger partial charge in [0.2, 0.25) is 15.8 Å². The molecule has 2 aromatic heterocycles. The predicted octanol–water partition coefficient (Wildman–Crippen LogP) is 3.94. The molecule has 0 radical (unpaired) electrons. The van der Waals surface area contributed by atoms with Crippen LogP contribution in [-0.2, 0) is 27.9 Å². The van der Waals surface area contributed by atoms with E-state index in [0.29, 0.717) is 11.5 Å². The van der Waals surface area contributed by atoms with Crippen LogP contribution in [-0.4, -0.2) is 24.5 Å². The van der Waals surface area contributed by atoms with Gasteiger partial charge in [0, 0.05) is 6.54 Å². The minimum Gasteiger partial charge on any atom is -0.454 e. The van der Waals surface area contributed by atoms with E-state index in [-0.39, 0.29) is 29.4 Å². The summed E-state index contributed by atoms with van der Waals surface area (Å²) in [6.07, 6.45) is 0. The monoisotopic (exact) mass is 469 g/mol. The average molecular weight is 470 g/mol. The Bertz CT molecular complexity index is 1320. The molecule has 8 nitrogen and oxygen atoms in total. The van der Waals surface area contributed by atoms with E-state index in [0.717, 1.165) is 10.4 Å². The van der Waals surface area contributed by atoms with Crippen molar-refractivity contribution in [3.05, 3.63) is 88.6 Å². The molecule has 0 bridgehead atoms. The molecule has 0 aliphatic rings. The molecule has 1 N–H and O–H groups in total. The number of aryl methyl sites for hydroxylation is 1. The first kappa shape index (κ1) is 21.9. The predicted molar refractivity (Wildman–Crippen MR) is 118 cm³/mol. The van der Waals surface area contributed by atoms with Gasteiger partial charge in [-0.1, -0.05) is 47.6 Å². The van der Waals surface area contributed by atoms with Crippen molar-refractivity contribution in [3.63, 3.8) is 0 Å². The molecule has 4 aromatic rings. The molecular weight excluding hydrogens is 450 g/mol. The van der Waals surface area contributed by atoms with Gasteiger partial charge in [-0.2, -0.15) is 4.98 Å². The van der Waals surface area contributed by atoms with Crippen molar-refractivity contribution in [2.75, 3.05) is 0 Å². The normalized spacial score (nSPS) is 11.4. The lowest BCUT2D eigenvalue weighted by Crippen LogP contribution is -2.24. The Balaban J connectivity index is 1.44. The second-order valence-corrected chi connectivity index (χ2v) is 9.54. The molecule has 0 spiro atoms. The number of nitrogens with zero attached hydrogens (tertiary/aromatic N) is 2. The quantitative estimate of drug-likeness (QED) is 0.389. The van der Waals surface area contributed by atoms with Gasteiger partial charge in [0.1, 0.15) is 0 Å². The summed E-state index contributed by atoms with van der Waals surface area (Å²) >= 11 is 1.45. The molecule has 0 saturated carbocycles. The molecule has 0 fully saturated rings. The molecule has 2 heterocycles. The van der Waals surface area contributed by atoms with Crippen molar-refractivity contribution in [2.24, 2.45) is 0 Å². The highest BCUT2D eigenvalue weighted by atomic mass is 32.2. The van der Waals surface area contributed by atoms with E-state index in [1.807, 2.05) is 47.8 Å². The summed E-state index contributed by atoms with van der Waals surface area (Å²) in [7, 11) is -3.83. The zero-order valence-electron chi connectivity index (χ0n) is 17.0. The number of hydrogen-bond donors (Lipinski definition) is 1. The number of carbonyl (C=O) groups is 1. The summed E-state index contributed by atoms with van der Waals surface area (Å²) in [4.78, 5) is 17.5. The minimum atomic E-state index is -3.83. The van der Waals surface area contributed by atoms with Crippen LogP contribution in [0.2, 0.25) is 0 Å². The van der Waals surface area contributed by atoms with Gasteiger partial charge >= 0.3 is 5.97 Å². The van der Waals surface area contributed by atoms with Gasteiger partial charge in [-0.05, 0) is 41.6 Å². The topological polar surface area (TPSA) is 111 Å². The molecule has 0 saturated heterocycles. The average Bonchev–Trinajstić information content (AvgIpc) is 3.49. The highest BCUT2D eigenvalue weighted by Gasteiger charge is 2.20. The number of hydrogen-bond acceptors (Lipinski definition) is 8. The van der Waals surface area contributed by atoms with E-state index in [4.69, 9.17) is 9.26 Å². The van der Waals surface area contributed by atoms with E-state index < -0.39 is 16.0 Å². The second kappa shape index (κ2) is 9.43. The molecule has 0 unspecified atom stereocenters. The standard InChI is InChI=1S/C22H19N3O5S2/c1-15-9-10-17(12-19(15)32(27,28)23-13-16-6-3-2-4-7-16)22(26)29-14-20-24-21(30-25-20)18-8-5-11-31-18/h2-12,23H,13-14H2,1H3. The van der Waals surface area contributed by atoms with Crippen molar-refractivity contribution in [2.45, 2.75) is 25.0 Å². The fourth-order valence-electron chi connectivity index (χ4n) is 2.89. The first-order chi connectivity index (χ1) is 15.4. The summed E-state index contributed by atoms with van der Waals surface area (Å²) in [6, 6.07) is 17.3. The van der Waals surface area contributed by atoms with E-state index in [1.165, 1.54) is 23.5 Å². The summed E-state index contributed by atoms with van der Waals surface area (Å²) in [5.74, 6) is -0.127. The summed E-state index contributed by atoms with van der Waals surface area (Å²) in [6.45, 7) is 1.61. The largest absolute Gasteiger partial charge is 0.454 e. The third-order valence-electron chi connectivity index (χ3n) is 4.55. The van der Waals surface area contributed by atoms with Gasteiger partial charge in [-0.3, -0.25) is 0 Å². The molecule has 164 valence electrons. The van der Waals surface area contributed by atoms with E-state index in [2.05, 4.69) is 14.9 Å². The number of carbonyl (C=O) groups excluding carboxylic acids is 1. The fraction of sp³-hybridized carbons (Fsp3) is 0.136. The highest BCUT2D eigenvalue weighted by molar-refractivity contribution is 7.89. The molecule has 0 aliphatic heterocycles. The number of sulfonamides is 1. The van der Waals surface area contributed by atoms with Crippen LogP contribution in [0.5, 0.6) is 0 Å². The zero-order chi connectivity index (χ0) is 22.6. The molecule has 32 heavy (non-hydrogen) atoms. The molecule has 0 amide bonds. The maximum absolute atomic E-state index is 12.8. The van der Waals surface area contributed by atoms with Crippen LogP contribution in [0, 0.1) is 6.92 Å². The van der Waals surface area contributed by atoms with Crippen molar-refractivity contribution in [3.8, 4) is 10.8 Å². The van der Waals surface area contributed by atoms with Crippen molar-refractivity contribution >= 4 is 27.3 Å². The van der Waals surface area contributed by atoms with Crippen LogP contribution in [0.25, 0.3) is 10.8 Å². The van der Waals surface area contributed by atoms with E-state index >= 15 is 0 Å². The number of esters is 1. The first-order valence-electron chi connectivity index (χ1n) is 9.60. The fourth-order valence-corrected chi connectivity index (χ4v) is 4.83. The number of rotatable bonds is 8. The van der Waals surface area contributed by atoms with Gasteiger partial charge in [0.25, 0.3) is 5.89 Å².